The number of aliphatic carboxylic acids is 1. The fraction of sp³-hybridized carbons (Fsp3) is 0.250. The van der Waals surface area contributed by atoms with Crippen molar-refractivity contribution in [2.24, 2.45) is 5.41 Å². The number of nitriles is 1. The molecule has 1 saturated carbocycles. The Hall–Kier alpha value is -4.70. The second-order valence-electron chi connectivity index (χ2n) is 10.3. The van der Waals surface area contributed by atoms with Crippen molar-refractivity contribution >= 4 is 27.9 Å². The zero-order valence-electron chi connectivity index (χ0n) is 21.5. The van der Waals surface area contributed by atoms with Gasteiger partial charge in [0.05, 0.1) is 39.3 Å². The van der Waals surface area contributed by atoms with E-state index in [9.17, 15) is 9.90 Å². The second-order valence-corrected chi connectivity index (χ2v) is 10.3. The van der Waals surface area contributed by atoms with E-state index >= 15 is 0 Å². The molecule has 1 aliphatic carbocycles. The Morgan fingerprint density at radius 1 is 0.974 bits per heavy atom. The summed E-state index contributed by atoms with van der Waals surface area (Å²) in [7, 11) is 0. The number of carboxylic acids is 1. The molecule has 0 atom stereocenters. The van der Waals surface area contributed by atoms with E-state index in [0.717, 1.165) is 51.9 Å². The molecule has 1 N–H and O–H groups in total. The number of nitrogens with zero attached hydrogens (tertiary/aromatic N) is 4. The number of para-hydroxylation sites is 1. The predicted octanol–water partition coefficient (Wildman–Crippen LogP) is 6.27. The molecule has 0 amide bonds. The standard InChI is InChI=1S/C32H28N4O3/c33-19-22-7-9-23(10-8-22)20-36-29-14-13-26(39-21-25-12-11-24-5-1-2-6-27(24)34-25)17-28(29)35-30(36)18-32(31(37)38)15-3-4-16-32/h1-2,5-14,17H,3-4,15-16,18,20-21H2,(H,37,38). The largest absolute Gasteiger partial charge is 0.487 e. The van der Waals surface area contributed by atoms with Crippen LogP contribution in [0.2, 0.25) is 0 Å². The number of hydrogen-bond acceptors (Lipinski definition) is 5. The molecule has 0 saturated heterocycles. The average Bonchev–Trinajstić information content (AvgIpc) is 3.57. The molecule has 5 aromatic rings. The molecule has 7 heteroatoms. The SMILES string of the molecule is N#Cc1ccc(Cn2c(CC3(C(=O)O)CCCC3)nc3cc(OCc4ccc5ccccc5n4)ccc32)cc1. The first-order valence-corrected chi connectivity index (χ1v) is 13.2. The van der Waals surface area contributed by atoms with Crippen LogP contribution in [0.5, 0.6) is 5.75 Å². The normalized spacial score (nSPS) is 14.4. The molecule has 0 spiro atoms. The average molecular weight is 517 g/mol. The number of fused-ring (bicyclic) bond motifs is 2. The minimum Gasteiger partial charge on any atom is -0.487 e. The summed E-state index contributed by atoms with van der Waals surface area (Å²) >= 11 is 0. The van der Waals surface area contributed by atoms with Gasteiger partial charge in [0.25, 0.3) is 0 Å². The highest BCUT2D eigenvalue weighted by Crippen LogP contribution is 2.41. The van der Waals surface area contributed by atoms with Gasteiger partial charge in [-0.3, -0.25) is 4.79 Å². The summed E-state index contributed by atoms with van der Waals surface area (Å²) in [6.45, 7) is 0.867. The van der Waals surface area contributed by atoms with E-state index in [0.29, 0.717) is 43.7 Å². The molecule has 3 aromatic carbocycles. The zero-order valence-corrected chi connectivity index (χ0v) is 21.5. The van der Waals surface area contributed by atoms with E-state index in [1.165, 1.54) is 0 Å². The van der Waals surface area contributed by atoms with Crippen molar-refractivity contribution in [3.63, 3.8) is 0 Å². The minimum atomic E-state index is -0.787. The zero-order chi connectivity index (χ0) is 26.8. The van der Waals surface area contributed by atoms with Crippen LogP contribution in [-0.2, 0) is 24.4 Å². The Kier molecular flexibility index (Phi) is 6.45. The third kappa shape index (κ3) is 4.94. The maximum atomic E-state index is 12.3. The highest BCUT2D eigenvalue weighted by molar-refractivity contribution is 5.80. The molecule has 0 radical (unpaired) electrons. The van der Waals surface area contributed by atoms with E-state index in [-0.39, 0.29) is 0 Å². The van der Waals surface area contributed by atoms with Crippen LogP contribution < -0.4 is 4.74 Å². The van der Waals surface area contributed by atoms with Gasteiger partial charge in [-0.05, 0) is 54.8 Å². The molecule has 1 fully saturated rings. The Morgan fingerprint density at radius 2 is 1.77 bits per heavy atom. The second kappa shape index (κ2) is 10.2. The van der Waals surface area contributed by atoms with E-state index in [1.807, 2.05) is 66.7 Å². The highest BCUT2D eigenvalue weighted by atomic mass is 16.5. The van der Waals surface area contributed by atoms with Crippen LogP contribution in [-0.4, -0.2) is 25.6 Å². The molecular weight excluding hydrogens is 488 g/mol. The predicted molar refractivity (Wildman–Crippen MR) is 148 cm³/mol. The van der Waals surface area contributed by atoms with Crippen molar-refractivity contribution in [2.45, 2.75) is 45.3 Å². The van der Waals surface area contributed by atoms with Gasteiger partial charge in [-0.15, -0.1) is 0 Å². The number of aromatic nitrogens is 3. The van der Waals surface area contributed by atoms with Gasteiger partial charge in [0.1, 0.15) is 18.2 Å². The molecular formula is C32H28N4O3. The highest BCUT2D eigenvalue weighted by Gasteiger charge is 2.42. The van der Waals surface area contributed by atoms with Crippen molar-refractivity contribution in [3.05, 3.63) is 102 Å². The summed E-state index contributed by atoms with van der Waals surface area (Å²) < 4.78 is 8.20. The van der Waals surface area contributed by atoms with E-state index < -0.39 is 11.4 Å². The summed E-state index contributed by atoms with van der Waals surface area (Å²) in [6, 6.07) is 27.5. The Balaban J connectivity index is 1.31. The topological polar surface area (TPSA) is 101 Å². The van der Waals surface area contributed by atoms with Crippen LogP contribution >= 0.6 is 0 Å². The summed E-state index contributed by atoms with van der Waals surface area (Å²) in [5, 5.41) is 20.4. The quantitative estimate of drug-likeness (QED) is 0.261. The summed E-state index contributed by atoms with van der Waals surface area (Å²) in [4.78, 5) is 22.0. The monoisotopic (exact) mass is 516 g/mol. The van der Waals surface area contributed by atoms with Crippen molar-refractivity contribution < 1.29 is 14.6 Å². The smallest absolute Gasteiger partial charge is 0.310 e. The van der Waals surface area contributed by atoms with Crippen LogP contribution in [0.15, 0.2) is 78.9 Å². The number of benzene rings is 3. The fourth-order valence-corrected chi connectivity index (χ4v) is 5.59. The minimum absolute atomic E-state index is 0.331. The summed E-state index contributed by atoms with van der Waals surface area (Å²) in [5.41, 5.74) is 4.29. The van der Waals surface area contributed by atoms with Gasteiger partial charge in [0, 0.05) is 24.4 Å². The Morgan fingerprint density at radius 3 is 2.54 bits per heavy atom. The van der Waals surface area contributed by atoms with E-state index in [2.05, 4.69) is 10.6 Å². The van der Waals surface area contributed by atoms with Crippen molar-refractivity contribution in [1.82, 2.24) is 14.5 Å². The van der Waals surface area contributed by atoms with Gasteiger partial charge in [-0.2, -0.15) is 5.26 Å². The molecule has 0 aliphatic heterocycles. The van der Waals surface area contributed by atoms with Crippen LogP contribution in [0, 0.1) is 16.7 Å². The van der Waals surface area contributed by atoms with Crippen molar-refractivity contribution in [2.75, 3.05) is 0 Å². The molecule has 194 valence electrons. The molecule has 1 aliphatic rings. The number of pyridine rings is 1. The number of hydrogen-bond donors (Lipinski definition) is 1. The maximum absolute atomic E-state index is 12.3. The maximum Gasteiger partial charge on any atom is 0.310 e. The number of imidazole rings is 1. The number of rotatable bonds is 8. The van der Waals surface area contributed by atoms with Crippen molar-refractivity contribution in [1.29, 1.82) is 5.26 Å². The van der Waals surface area contributed by atoms with Crippen LogP contribution in [0.3, 0.4) is 0 Å². The lowest BCUT2D eigenvalue weighted by Crippen LogP contribution is -2.31. The van der Waals surface area contributed by atoms with Crippen LogP contribution in [0.1, 0.15) is 48.3 Å². The van der Waals surface area contributed by atoms with Gasteiger partial charge in [0.2, 0.25) is 0 Å². The first-order chi connectivity index (χ1) is 19.0. The number of carbonyl (C=O) groups is 1. The lowest BCUT2D eigenvalue weighted by molar-refractivity contribution is -0.148. The molecule has 6 rings (SSSR count). The molecule has 7 nitrogen and oxygen atoms in total. The lowest BCUT2D eigenvalue weighted by Gasteiger charge is -2.23. The molecule has 2 aromatic heterocycles. The van der Waals surface area contributed by atoms with Gasteiger partial charge >= 0.3 is 5.97 Å². The summed E-state index contributed by atoms with van der Waals surface area (Å²) in [5.74, 6) is 0.691. The lowest BCUT2D eigenvalue weighted by atomic mass is 9.82. The first kappa shape index (κ1) is 24.6. The Labute approximate surface area is 226 Å². The molecule has 0 unspecified atom stereocenters. The Bertz CT molecular complexity index is 1710. The van der Waals surface area contributed by atoms with Gasteiger partial charge in [-0.25, -0.2) is 9.97 Å². The summed E-state index contributed by atoms with van der Waals surface area (Å²) in [6.07, 6.45) is 3.54. The molecule has 2 heterocycles. The fourth-order valence-electron chi connectivity index (χ4n) is 5.59. The van der Waals surface area contributed by atoms with Crippen molar-refractivity contribution in [3.8, 4) is 11.8 Å². The third-order valence-electron chi connectivity index (χ3n) is 7.78. The van der Waals surface area contributed by atoms with Gasteiger partial charge < -0.3 is 14.4 Å². The van der Waals surface area contributed by atoms with Gasteiger partial charge in [0.15, 0.2) is 0 Å². The van der Waals surface area contributed by atoms with Gasteiger partial charge in [-0.1, -0.05) is 49.2 Å². The number of carboxylic acid groups (broad SMARTS) is 1. The number of ether oxygens (including phenoxy) is 1. The van der Waals surface area contributed by atoms with E-state index in [4.69, 9.17) is 20.0 Å². The molecule has 0 bridgehead atoms. The van der Waals surface area contributed by atoms with Crippen LogP contribution in [0.25, 0.3) is 21.9 Å². The third-order valence-corrected chi connectivity index (χ3v) is 7.78. The first-order valence-electron chi connectivity index (χ1n) is 13.2. The van der Waals surface area contributed by atoms with E-state index in [1.54, 1.807) is 12.1 Å². The van der Waals surface area contributed by atoms with Crippen LogP contribution in [0.4, 0.5) is 0 Å². The molecule has 39 heavy (non-hydrogen) atoms.